The highest BCUT2D eigenvalue weighted by Gasteiger charge is 2.23. The molecule has 1 aliphatic heterocycles. The Morgan fingerprint density at radius 3 is 3.28 bits per heavy atom. The van der Waals surface area contributed by atoms with Crippen molar-refractivity contribution in [2.24, 2.45) is 0 Å². The number of anilines is 1. The SMILES string of the molecule is C[C@H]1COCCN1c1c(=O)[nH]cc2cncnc12. The number of hydrogen-bond donors (Lipinski definition) is 1. The molecule has 0 saturated carbocycles. The van der Waals surface area contributed by atoms with Crippen LogP contribution in [0.25, 0.3) is 10.9 Å². The molecule has 2 aromatic heterocycles. The van der Waals surface area contributed by atoms with Crippen LogP contribution in [0.1, 0.15) is 6.92 Å². The van der Waals surface area contributed by atoms with Crippen molar-refractivity contribution in [1.29, 1.82) is 0 Å². The smallest absolute Gasteiger partial charge is 0.273 e. The van der Waals surface area contributed by atoms with E-state index in [1.54, 1.807) is 12.4 Å². The first kappa shape index (κ1) is 11.2. The molecule has 0 spiro atoms. The quantitative estimate of drug-likeness (QED) is 0.795. The Bertz CT molecular complexity index is 625. The third-order valence-electron chi connectivity index (χ3n) is 3.19. The third kappa shape index (κ3) is 1.74. The van der Waals surface area contributed by atoms with Crippen molar-refractivity contribution >= 4 is 16.6 Å². The molecule has 1 N–H and O–H groups in total. The first-order chi connectivity index (χ1) is 8.77. The standard InChI is InChI=1S/C12H14N4O2/c1-8-6-18-3-2-16(8)11-10-9(4-13-7-15-10)5-14-12(11)17/h4-5,7-8H,2-3,6H2,1H3,(H,14,17)/t8-/m0/s1. The number of nitrogens with one attached hydrogen (secondary N) is 1. The Labute approximate surface area is 104 Å². The highest BCUT2D eigenvalue weighted by atomic mass is 16.5. The minimum absolute atomic E-state index is 0.116. The van der Waals surface area contributed by atoms with E-state index in [9.17, 15) is 4.79 Å². The topological polar surface area (TPSA) is 71.1 Å². The van der Waals surface area contributed by atoms with Crippen molar-refractivity contribution in [3.8, 4) is 0 Å². The fourth-order valence-electron chi connectivity index (χ4n) is 2.29. The fraction of sp³-hybridized carbons (Fsp3) is 0.417. The molecule has 0 aliphatic carbocycles. The van der Waals surface area contributed by atoms with Crippen LogP contribution in [0.2, 0.25) is 0 Å². The summed E-state index contributed by atoms with van der Waals surface area (Å²) in [5.41, 5.74) is 1.20. The molecular weight excluding hydrogens is 232 g/mol. The van der Waals surface area contributed by atoms with Gasteiger partial charge in [-0.05, 0) is 6.92 Å². The maximum absolute atomic E-state index is 12.1. The van der Waals surface area contributed by atoms with Crippen LogP contribution in [0, 0.1) is 0 Å². The van der Waals surface area contributed by atoms with E-state index >= 15 is 0 Å². The highest BCUT2D eigenvalue weighted by molar-refractivity contribution is 5.89. The minimum atomic E-state index is -0.116. The highest BCUT2D eigenvalue weighted by Crippen LogP contribution is 2.22. The number of pyridine rings is 1. The van der Waals surface area contributed by atoms with Crippen molar-refractivity contribution in [1.82, 2.24) is 15.0 Å². The van der Waals surface area contributed by atoms with Gasteiger partial charge >= 0.3 is 0 Å². The molecule has 0 radical (unpaired) electrons. The van der Waals surface area contributed by atoms with Gasteiger partial charge in [-0.2, -0.15) is 0 Å². The van der Waals surface area contributed by atoms with E-state index in [1.165, 1.54) is 6.33 Å². The lowest BCUT2D eigenvalue weighted by molar-refractivity contribution is 0.0989. The van der Waals surface area contributed by atoms with Gasteiger partial charge in [0.25, 0.3) is 5.56 Å². The van der Waals surface area contributed by atoms with E-state index in [0.29, 0.717) is 31.0 Å². The molecule has 2 aromatic rings. The lowest BCUT2D eigenvalue weighted by Crippen LogP contribution is -2.46. The third-order valence-corrected chi connectivity index (χ3v) is 3.19. The van der Waals surface area contributed by atoms with Crippen molar-refractivity contribution in [3.05, 3.63) is 29.1 Å². The summed E-state index contributed by atoms with van der Waals surface area (Å²) < 4.78 is 5.40. The van der Waals surface area contributed by atoms with Gasteiger partial charge in [0, 0.05) is 30.4 Å². The second-order valence-corrected chi connectivity index (χ2v) is 4.41. The summed E-state index contributed by atoms with van der Waals surface area (Å²) in [5, 5.41) is 0.839. The maximum Gasteiger partial charge on any atom is 0.273 e. The zero-order chi connectivity index (χ0) is 12.5. The number of H-pyrrole nitrogens is 1. The van der Waals surface area contributed by atoms with Gasteiger partial charge in [0.15, 0.2) is 0 Å². The van der Waals surface area contributed by atoms with Crippen LogP contribution in [0.5, 0.6) is 0 Å². The van der Waals surface area contributed by atoms with Crippen LogP contribution >= 0.6 is 0 Å². The number of ether oxygens (including phenoxy) is 1. The molecule has 1 aliphatic rings. The summed E-state index contributed by atoms with van der Waals surface area (Å²) >= 11 is 0. The summed E-state index contributed by atoms with van der Waals surface area (Å²) in [5.74, 6) is 0. The van der Waals surface area contributed by atoms with Crippen molar-refractivity contribution in [2.45, 2.75) is 13.0 Å². The minimum Gasteiger partial charge on any atom is -0.377 e. The molecule has 18 heavy (non-hydrogen) atoms. The Balaban J connectivity index is 2.20. The normalized spacial score (nSPS) is 20.3. The first-order valence-corrected chi connectivity index (χ1v) is 5.93. The number of rotatable bonds is 1. The number of morpholine rings is 1. The van der Waals surface area contributed by atoms with E-state index in [2.05, 4.69) is 19.9 Å². The first-order valence-electron chi connectivity index (χ1n) is 5.93. The van der Waals surface area contributed by atoms with E-state index < -0.39 is 0 Å². The van der Waals surface area contributed by atoms with Gasteiger partial charge in [0.05, 0.1) is 13.2 Å². The molecule has 6 nitrogen and oxygen atoms in total. The van der Waals surface area contributed by atoms with Crippen LogP contribution in [-0.2, 0) is 4.74 Å². The number of aromatic nitrogens is 3. The van der Waals surface area contributed by atoms with Gasteiger partial charge in [0.1, 0.15) is 17.5 Å². The van der Waals surface area contributed by atoms with Crippen LogP contribution in [0.15, 0.2) is 23.5 Å². The molecule has 0 bridgehead atoms. The summed E-state index contributed by atoms with van der Waals surface area (Å²) in [6.45, 7) is 4.00. The fourth-order valence-corrected chi connectivity index (χ4v) is 2.29. The Morgan fingerprint density at radius 1 is 1.56 bits per heavy atom. The van der Waals surface area contributed by atoms with Gasteiger partial charge in [0.2, 0.25) is 0 Å². The number of aromatic amines is 1. The molecule has 1 atom stereocenters. The monoisotopic (exact) mass is 246 g/mol. The van der Waals surface area contributed by atoms with E-state index in [1.807, 2.05) is 6.92 Å². The largest absolute Gasteiger partial charge is 0.377 e. The van der Waals surface area contributed by atoms with Gasteiger partial charge in [-0.15, -0.1) is 0 Å². The molecule has 0 unspecified atom stereocenters. The van der Waals surface area contributed by atoms with Crippen LogP contribution in [-0.4, -0.2) is 40.8 Å². The van der Waals surface area contributed by atoms with Crippen molar-refractivity contribution in [2.75, 3.05) is 24.7 Å². The lowest BCUT2D eigenvalue weighted by atomic mass is 10.2. The molecule has 94 valence electrons. The second-order valence-electron chi connectivity index (χ2n) is 4.41. The Hall–Kier alpha value is -1.95. The van der Waals surface area contributed by atoms with Crippen LogP contribution in [0.3, 0.4) is 0 Å². The zero-order valence-electron chi connectivity index (χ0n) is 10.1. The van der Waals surface area contributed by atoms with Crippen LogP contribution in [0.4, 0.5) is 5.69 Å². The predicted molar refractivity (Wildman–Crippen MR) is 67.8 cm³/mol. The average Bonchev–Trinajstić information content (AvgIpc) is 2.40. The molecular formula is C12H14N4O2. The lowest BCUT2D eigenvalue weighted by Gasteiger charge is -2.34. The number of fused-ring (bicyclic) bond motifs is 1. The molecule has 0 amide bonds. The Kier molecular flexibility index (Phi) is 2.71. The molecule has 3 heterocycles. The molecule has 0 aromatic carbocycles. The number of nitrogens with zero attached hydrogens (tertiary/aromatic N) is 3. The van der Waals surface area contributed by atoms with Gasteiger partial charge in [-0.1, -0.05) is 0 Å². The molecule has 1 saturated heterocycles. The summed E-state index contributed by atoms with van der Waals surface area (Å²) in [6.07, 6.45) is 4.82. The second kappa shape index (κ2) is 4.38. The van der Waals surface area contributed by atoms with E-state index in [0.717, 1.165) is 5.39 Å². The summed E-state index contributed by atoms with van der Waals surface area (Å²) in [4.78, 5) is 25.1. The van der Waals surface area contributed by atoms with Crippen molar-refractivity contribution < 1.29 is 4.74 Å². The molecule has 3 rings (SSSR count). The average molecular weight is 246 g/mol. The van der Waals surface area contributed by atoms with Gasteiger partial charge in [-0.25, -0.2) is 9.97 Å². The summed E-state index contributed by atoms with van der Waals surface area (Å²) in [7, 11) is 0. The maximum atomic E-state index is 12.1. The van der Waals surface area contributed by atoms with E-state index in [-0.39, 0.29) is 11.6 Å². The van der Waals surface area contributed by atoms with E-state index in [4.69, 9.17) is 4.74 Å². The molecule has 6 heteroatoms. The van der Waals surface area contributed by atoms with Gasteiger partial charge < -0.3 is 14.6 Å². The zero-order valence-corrected chi connectivity index (χ0v) is 10.1. The predicted octanol–water partition coefficient (Wildman–Crippen LogP) is 0.543. The van der Waals surface area contributed by atoms with Crippen molar-refractivity contribution in [3.63, 3.8) is 0 Å². The number of hydrogen-bond acceptors (Lipinski definition) is 5. The Morgan fingerprint density at radius 2 is 2.44 bits per heavy atom. The van der Waals surface area contributed by atoms with Gasteiger partial charge in [-0.3, -0.25) is 4.79 Å². The summed E-state index contributed by atoms with van der Waals surface area (Å²) in [6, 6.07) is 0.167. The molecule has 1 fully saturated rings. The van der Waals surface area contributed by atoms with Crippen LogP contribution < -0.4 is 10.5 Å².